The molecule has 6 nitrogen and oxygen atoms in total. The molecule has 0 aromatic heterocycles. The Kier molecular flexibility index (Phi) is 6.49. The minimum Gasteiger partial charge on any atom is -0.492 e. The SMILES string of the molecule is Cc1cc(N2CCC(Oc3ccc(C(F)(F)F)cc3)C2=O)ccc1OCCS(C)(=O)=O. The Labute approximate surface area is 178 Å². The van der Waals surface area contributed by atoms with Crippen LogP contribution in [0, 0.1) is 6.92 Å². The fraction of sp³-hybridized carbons (Fsp3) is 0.381. The molecule has 1 atom stereocenters. The second-order valence-electron chi connectivity index (χ2n) is 7.34. The van der Waals surface area contributed by atoms with Crippen molar-refractivity contribution in [3.63, 3.8) is 0 Å². The number of carbonyl (C=O) groups is 1. The lowest BCUT2D eigenvalue weighted by atomic mass is 10.2. The molecule has 10 heteroatoms. The molecule has 0 N–H and O–H groups in total. The first kappa shape index (κ1) is 22.9. The van der Waals surface area contributed by atoms with Gasteiger partial charge in [0.25, 0.3) is 5.91 Å². The summed E-state index contributed by atoms with van der Waals surface area (Å²) < 4.78 is 71.5. The van der Waals surface area contributed by atoms with Crippen molar-refractivity contribution in [1.29, 1.82) is 0 Å². The van der Waals surface area contributed by atoms with Gasteiger partial charge in [-0.3, -0.25) is 4.79 Å². The van der Waals surface area contributed by atoms with Crippen LogP contribution >= 0.6 is 0 Å². The molecule has 1 fully saturated rings. The normalized spacial score (nSPS) is 17.1. The van der Waals surface area contributed by atoms with Crippen LogP contribution in [0.4, 0.5) is 18.9 Å². The molecule has 1 saturated heterocycles. The predicted octanol–water partition coefficient (Wildman–Crippen LogP) is 3.62. The molecule has 0 radical (unpaired) electrons. The smallest absolute Gasteiger partial charge is 0.416 e. The quantitative estimate of drug-likeness (QED) is 0.635. The van der Waals surface area contributed by atoms with Crippen molar-refractivity contribution < 1.29 is 35.9 Å². The minimum absolute atomic E-state index is 0.0324. The molecule has 1 unspecified atom stereocenters. The summed E-state index contributed by atoms with van der Waals surface area (Å²) in [4.78, 5) is 14.3. The summed E-state index contributed by atoms with van der Waals surface area (Å²) in [5.41, 5.74) is 0.593. The van der Waals surface area contributed by atoms with E-state index in [1.807, 2.05) is 0 Å². The molecule has 1 heterocycles. The fourth-order valence-electron chi connectivity index (χ4n) is 3.17. The molecule has 0 aliphatic carbocycles. The number of ether oxygens (including phenoxy) is 2. The number of halogens is 3. The van der Waals surface area contributed by atoms with Gasteiger partial charge in [-0.15, -0.1) is 0 Å². The topological polar surface area (TPSA) is 72.9 Å². The molecule has 0 bridgehead atoms. The van der Waals surface area contributed by atoms with Gasteiger partial charge in [0.2, 0.25) is 0 Å². The molecule has 0 saturated carbocycles. The van der Waals surface area contributed by atoms with Crippen molar-refractivity contribution >= 4 is 21.4 Å². The summed E-state index contributed by atoms with van der Waals surface area (Å²) in [6, 6.07) is 9.35. The summed E-state index contributed by atoms with van der Waals surface area (Å²) >= 11 is 0. The van der Waals surface area contributed by atoms with E-state index in [0.717, 1.165) is 24.0 Å². The molecule has 3 rings (SSSR count). The molecule has 1 aliphatic heterocycles. The number of anilines is 1. The summed E-state index contributed by atoms with van der Waals surface area (Å²) in [5, 5.41) is 0. The van der Waals surface area contributed by atoms with Gasteiger partial charge in [-0.2, -0.15) is 13.2 Å². The summed E-state index contributed by atoms with van der Waals surface area (Å²) in [6.45, 7) is 2.22. The van der Waals surface area contributed by atoms with Gasteiger partial charge in [0.05, 0.1) is 11.3 Å². The number of rotatable bonds is 7. The zero-order valence-corrected chi connectivity index (χ0v) is 17.8. The molecule has 2 aromatic rings. The average molecular weight is 457 g/mol. The number of aryl methyl sites for hydroxylation is 1. The maximum Gasteiger partial charge on any atom is 0.416 e. The molecular formula is C21H22F3NO5S. The fourth-order valence-corrected chi connectivity index (χ4v) is 3.56. The zero-order valence-electron chi connectivity index (χ0n) is 17.0. The summed E-state index contributed by atoms with van der Waals surface area (Å²) in [5.74, 6) is 0.336. The van der Waals surface area contributed by atoms with Gasteiger partial charge >= 0.3 is 6.18 Å². The van der Waals surface area contributed by atoms with E-state index in [2.05, 4.69) is 0 Å². The van der Waals surface area contributed by atoms with Gasteiger partial charge in [-0.25, -0.2) is 8.42 Å². The second-order valence-corrected chi connectivity index (χ2v) is 9.60. The first-order chi connectivity index (χ1) is 14.4. The number of sulfone groups is 1. The van der Waals surface area contributed by atoms with E-state index >= 15 is 0 Å². The highest BCUT2D eigenvalue weighted by Gasteiger charge is 2.35. The van der Waals surface area contributed by atoms with Gasteiger partial charge < -0.3 is 14.4 Å². The summed E-state index contributed by atoms with van der Waals surface area (Å²) in [7, 11) is -3.12. The third-order valence-corrected chi connectivity index (χ3v) is 5.71. The van der Waals surface area contributed by atoms with E-state index in [-0.39, 0.29) is 24.0 Å². The highest BCUT2D eigenvalue weighted by Crippen LogP contribution is 2.32. The molecule has 1 aliphatic rings. The molecule has 168 valence electrons. The second kappa shape index (κ2) is 8.78. The molecule has 0 spiro atoms. The van der Waals surface area contributed by atoms with Gasteiger partial charge in [-0.1, -0.05) is 0 Å². The molecule has 31 heavy (non-hydrogen) atoms. The Morgan fingerprint density at radius 2 is 1.81 bits per heavy atom. The van der Waals surface area contributed by atoms with E-state index in [0.29, 0.717) is 24.4 Å². The van der Waals surface area contributed by atoms with E-state index in [9.17, 15) is 26.4 Å². The Bertz CT molecular complexity index is 1050. The lowest BCUT2D eigenvalue weighted by molar-refractivity contribution is -0.137. The first-order valence-corrected chi connectivity index (χ1v) is 11.6. The van der Waals surface area contributed by atoms with Gasteiger partial charge in [0.1, 0.15) is 18.1 Å². The largest absolute Gasteiger partial charge is 0.492 e. The number of alkyl halides is 3. The van der Waals surface area contributed by atoms with E-state index < -0.39 is 27.7 Å². The first-order valence-electron chi connectivity index (χ1n) is 9.50. The number of hydrogen-bond donors (Lipinski definition) is 0. The Morgan fingerprint density at radius 3 is 2.39 bits per heavy atom. The Hall–Kier alpha value is -2.75. The number of hydrogen-bond acceptors (Lipinski definition) is 5. The Balaban J connectivity index is 1.63. The van der Waals surface area contributed by atoms with Crippen LogP contribution in [0.25, 0.3) is 0 Å². The molecule has 2 aromatic carbocycles. The number of benzene rings is 2. The highest BCUT2D eigenvalue weighted by molar-refractivity contribution is 7.90. The van der Waals surface area contributed by atoms with Crippen LogP contribution in [0.3, 0.4) is 0 Å². The zero-order chi connectivity index (χ0) is 22.8. The van der Waals surface area contributed by atoms with Crippen LogP contribution in [0.2, 0.25) is 0 Å². The maximum atomic E-state index is 12.7. The number of amides is 1. The van der Waals surface area contributed by atoms with Gasteiger partial charge in [0.15, 0.2) is 15.9 Å². The van der Waals surface area contributed by atoms with Crippen LogP contribution in [0.5, 0.6) is 11.5 Å². The maximum absolute atomic E-state index is 12.7. The van der Waals surface area contributed by atoms with E-state index in [1.54, 1.807) is 30.0 Å². The standard InChI is InChI=1S/C21H22F3NO5S/c1-14-13-16(5-8-18(14)29-11-12-31(2,27)28)25-10-9-19(20(25)26)30-17-6-3-15(4-7-17)21(22,23)24/h3-8,13,19H,9-12H2,1-2H3. The van der Waals surface area contributed by atoms with E-state index in [1.165, 1.54) is 12.1 Å². The average Bonchev–Trinajstić information content (AvgIpc) is 3.02. The van der Waals surface area contributed by atoms with Crippen molar-refractivity contribution in [3.05, 3.63) is 53.6 Å². The highest BCUT2D eigenvalue weighted by atomic mass is 32.2. The van der Waals surface area contributed by atoms with Crippen LogP contribution in [-0.4, -0.2) is 45.6 Å². The van der Waals surface area contributed by atoms with Crippen LogP contribution in [-0.2, 0) is 20.8 Å². The van der Waals surface area contributed by atoms with Crippen LogP contribution < -0.4 is 14.4 Å². The number of nitrogens with zero attached hydrogens (tertiary/aromatic N) is 1. The molecular weight excluding hydrogens is 435 g/mol. The van der Waals surface area contributed by atoms with Crippen molar-refractivity contribution in [2.24, 2.45) is 0 Å². The van der Waals surface area contributed by atoms with Gasteiger partial charge in [0, 0.05) is 24.9 Å². The number of carbonyl (C=O) groups excluding carboxylic acids is 1. The third kappa shape index (κ3) is 5.90. The lowest BCUT2D eigenvalue weighted by Crippen LogP contribution is -2.32. The van der Waals surface area contributed by atoms with Crippen LogP contribution in [0.1, 0.15) is 17.5 Å². The van der Waals surface area contributed by atoms with Crippen molar-refractivity contribution in [1.82, 2.24) is 0 Å². The van der Waals surface area contributed by atoms with Gasteiger partial charge in [-0.05, 0) is 55.0 Å². The van der Waals surface area contributed by atoms with Crippen LogP contribution in [0.15, 0.2) is 42.5 Å². The lowest BCUT2D eigenvalue weighted by Gasteiger charge is -2.19. The van der Waals surface area contributed by atoms with Crippen molar-refractivity contribution in [2.75, 3.05) is 30.1 Å². The Morgan fingerprint density at radius 1 is 1.13 bits per heavy atom. The summed E-state index contributed by atoms with van der Waals surface area (Å²) in [6.07, 6.45) is -3.69. The third-order valence-electron chi connectivity index (χ3n) is 4.80. The monoisotopic (exact) mass is 457 g/mol. The van der Waals surface area contributed by atoms with E-state index in [4.69, 9.17) is 9.47 Å². The minimum atomic E-state index is -4.43. The van der Waals surface area contributed by atoms with Crippen molar-refractivity contribution in [2.45, 2.75) is 25.6 Å². The van der Waals surface area contributed by atoms with Crippen molar-refractivity contribution in [3.8, 4) is 11.5 Å². The predicted molar refractivity (Wildman–Crippen MR) is 109 cm³/mol. The molecule has 1 amide bonds.